The molecule has 0 spiro atoms. The van der Waals surface area contributed by atoms with Gasteiger partial charge < -0.3 is 30.5 Å². The van der Waals surface area contributed by atoms with Crippen molar-refractivity contribution >= 4 is 17.9 Å². The largest absolute Gasteiger partial charge is 0.444 e. The lowest BCUT2D eigenvalue weighted by atomic mass is 9.95. The van der Waals surface area contributed by atoms with Crippen molar-refractivity contribution in [3.63, 3.8) is 0 Å². The molecule has 1 aromatic carbocycles. The number of nitrogens with one attached hydrogen (secondary N) is 2. The van der Waals surface area contributed by atoms with Gasteiger partial charge in [-0.2, -0.15) is 0 Å². The normalized spacial score (nSPS) is 13.6. The molecule has 0 fully saturated rings. The van der Waals surface area contributed by atoms with Gasteiger partial charge in [0.1, 0.15) is 17.7 Å². The minimum atomic E-state index is -1.36. The van der Waals surface area contributed by atoms with Crippen molar-refractivity contribution in [3.8, 4) is 0 Å². The van der Waals surface area contributed by atoms with Crippen LogP contribution in [0.4, 0.5) is 4.79 Å². The lowest BCUT2D eigenvalue weighted by Crippen LogP contribution is -2.56. The zero-order valence-electron chi connectivity index (χ0n) is 21.0. The summed E-state index contributed by atoms with van der Waals surface area (Å²) in [5, 5.41) is 24.8. The predicted octanol–water partition coefficient (Wildman–Crippen LogP) is 1.97. The van der Waals surface area contributed by atoms with Crippen LogP contribution in [0.2, 0.25) is 0 Å². The van der Waals surface area contributed by atoms with Crippen LogP contribution in [-0.2, 0) is 14.3 Å². The van der Waals surface area contributed by atoms with Crippen LogP contribution >= 0.6 is 0 Å². The first-order chi connectivity index (χ1) is 15.1. The Morgan fingerprint density at radius 1 is 1.06 bits per heavy atom. The lowest BCUT2D eigenvalue weighted by Gasteiger charge is -2.36. The van der Waals surface area contributed by atoms with Crippen LogP contribution < -0.4 is 10.6 Å². The van der Waals surface area contributed by atoms with Crippen molar-refractivity contribution in [2.45, 2.75) is 78.6 Å². The highest BCUT2D eigenvalue weighted by Gasteiger charge is 2.37. The van der Waals surface area contributed by atoms with E-state index < -0.39 is 54.3 Å². The van der Waals surface area contributed by atoms with Gasteiger partial charge in [-0.1, -0.05) is 23.8 Å². The van der Waals surface area contributed by atoms with Crippen molar-refractivity contribution in [2.75, 3.05) is 19.8 Å². The van der Waals surface area contributed by atoms with Gasteiger partial charge in [0.2, 0.25) is 11.8 Å². The summed E-state index contributed by atoms with van der Waals surface area (Å²) in [6, 6.07) is 3.06. The fourth-order valence-corrected chi connectivity index (χ4v) is 3.33. The molecule has 3 amide bonds. The highest BCUT2D eigenvalue weighted by molar-refractivity contribution is 5.92. The molecule has 186 valence electrons. The molecule has 1 rings (SSSR count). The Morgan fingerprint density at radius 3 is 2.12 bits per heavy atom. The second-order valence-electron chi connectivity index (χ2n) is 10.1. The Morgan fingerprint density at radius 2 is 1.67 bits per heavy atom. The molecule has 9 heteroatoms. The molecule has 0 aliphatic heterocycles. The van der Waals surface area contributed by atoms with Crippen LogP contribution in [0.5, 0.6) is 0 Å². The number of nitrogens with zero attached hydrogens (tertiary/aromatic N) is 1. The monoisotopic (exact) mass is 465 g/mol. The minimum absolute atomic E-state index is 0.180. The Labute approximate surface area is 196 Å². The zero-order chi connectivity index (χ0) is 25.6. The molecule has 0 aliphatic rings. The molecule has 0 bridgehead atoms. The quantitative estimate of drug-likeness (QED) is 0.465. The number of carbonyl (C=O) groups is 3. The average Bonchev–Trinajstić information content (AvgIpc) is 2.63. The van der Waals surface area contributed by atoms with Gasteiger partial charge in [-0.25, -0.2) is 4.79 Å². The first-order valence-corrected chi connectivity index (χ1v) is 11.0. The Bertz CT molecular complexity index is 842. The second kappa shape index (κ2) is 11.5. The maximum atomic E-state index is 13.4. The summed E-state index contributed by atoms with van der Waals surface area (Å²) in [7, 11) is 0. The van der Waals surface area contributed by atoms with Crippen molar-refractivity contribution < 1.29 is 29.3 Å². The van der Waals surface area contributed by atoms with E-state index in [9.17, 15) is 24.6 Å². The van der Waals surface area contributed by atoms with Crippen molar-refractivity contribution in [3.05, 3.63) is 34.9 Å². The van der Waals surface area contributed by atoms with Gasteiger partial charge in [-0.05, 0) is 66.5 Å². The van der Waals surface area contributed by atoms with Gasteiger partial charge in [0, 0.05) is 12.1 Å². The summed E-state index contributed by atoms with van der Waals surface area (Å²) in [4.78, 5) is 40.2. The number of benzene rings is 1. The molecular weight excluding hydrogens is 426 g/mol. The highest BCUT2D eigenvalue weighted by Crippen LogP contribution is 2.27. The fourth-order valence-electron chi connectivity index (χ4n) is 3.33. The maximum Gasteiger partial charge on any atom is 0.408 e. The molecule has 33 heavy (non-hydrogen) atoms. The molecule has 2 atom stereocenters. The van der Waals surface area contributed by atoms with Crippen molar-refractivity contribution in [1.82, 2.24) is 15.5 Å². The van der Waals surface area contributed by atoms with E-state index in [0.29, 0.717) is 5.56 Å². The van der Waals surface area contributed by atoms with Gasteiger partial charge in [-0.3, -0.25) is 9.59 Å². The first-order valence-electron chi connectivity index (χ1n) is 11.0. The molecule has 0 heterocycles. The van der Waals surface area contributed by atoms with E-state index in [1.54, 1.807) is 26.8 Å². The first kappa shape index (κ1) is 28.4. The van der Waals surface area contributed by atoms with Crippen molar-refractivity contribution in [2.24, 2.45) is 0 Å². The number of rotatable bonds is 8. The van der Waals surface area contributed by atoms with E-state index >= 15 is 0 Å². The summed E-state index contributed by atoms with van der Waals surface area (Å²) in [5.74, 6) is -1.16. The van der Waals surface area contributed by atoms with Gasteiger partial charge in [0.15, 0.2) is 0 Å². The number of amides is 3. The van der Waals surface area contributed by atoms with E-state index in [-0.39, 0.29) is 6.54 Å². The molecule has 0 aliphatic carbocycles. The predicted molar refractivity (Wildman–Crippen MR) is 126 cm³/mol. The lowest BCUT2D eigenvalue weighted by molar-refractivity contribution is -0.144. The van der Waals surface area contributed by atoms with Gasteiger partial charge in [0.05, 0.1) is 13.2 Å². The zero-order valence-corrected chi connectivity index (χ0v) is 21.0. The molecule has 0 radical (unpaired) electrons. The van der Waals surface area contributed by atoms with E-state index in [4.69, 9.17) is 4.74 Å². The van der Waals surface area contributed by atoms with Crippen LogP contribution in [0.15, 0.2) is 18.2 Å². The van der Waals surface area contributed by atoms with E-state index in [2.05, 4.69) is 10.6 Å². The number of hydrogen-bond donors (Lipinski definition) is 4. The number of carbonyl (C=O) groups excluding carboxylic acids is 3. The summed E-state index contributed by atoms with van der Waals surface area (Å²) in [5.41, 5.74) is 0.989. The third kappa shape index (κ3) is 9.01. The van der Waals surface area contributed by atoms with Crippen LogP contribution in [0.3, 0.4) is 0 Å². The third-order valence-corrected chi connectivity index (χ3v) is 4.57. The molecule has 0 aromatic heterocycles. The van der Waals surface area contributed by atoms with Crippen LogP contribution in [0.1, 0.15) is 64.3 Å². The topological polar surface area (TPSA) is 128 Å². The van der Waals surface area contributed by atoms with Crippen LogP contribution in [0, 0.1) is 13.8 Å². The Balaban J connectivity index is 3.42. The molecule has 9 nitrogen and oxygen atoms in total. The van der Waals surface area contributed by atoms with E-state index in [1.807, 2.05) is 46.8 Å². The maximum absolute atomic E-state index is 13.4. The van der Waals surface area contributed by atoms with E-state index in [0.717, 1.165) is 11.1 Å². The van der Waals surface area contributed by atoms with Gasteiger partial charge in [0.25, 0.3) is 0 Å². The molecule has 0 saturated heterocycles. The number of alkyl carbamates (subject to hydrolysis) is 1. The van der Waals surface area contributed by atoms with E-state index in [1.165, 1.54) is 4.90 Å². The number of hydrogen-bond acceptors (Lipinski definition) is 6. The SMILES string of the molecule is Cc1ccc(C(C(=O)NC(C)(C)C)N(CCO)C(=O)C(CO)NC(=O)OC(C)(C)C)c(C)c1. The fraction of sp³-hybridized carbons (Fsp3) is 0.625. The molecule has 4 N–H and O–H groups in total. The van der Waals surface area contributed by atoms with Crippen LogP contribution in [-0.4, -0.2) is 70.0 Å². The Hall–Kier alpha value is -2.65. The summed E-state index contributed by atoms with van der Waals surface area (Å²) in [6.07, 6.45) is -0.874. The number of aliphatic hydroxyl groups excluding tert-OH is 2. The Kier molecular flexibility index (Phi) is 9.87. The van der Waals surface area contributed by atoms with Crippen molar-refractivity contribution in [1.29, 1.82) is 0 Å². The smallest absolute Gasteiger partial charge is 0.408 e. The summed E-state index contributed by atoms with van der Waals surface area (Å²) >= 11 is 0. The molecule has 1 aromatic rings. The van der Waals surface area contributed by atoms with Gasteiger partial charge in [-0.15, -0.1) is 0 Å². The summed E-state index contributed by atoms with van der Waals surface area (Å²) in [6.45, 7) is 12.9. The second-order valence-corrected chi connectivity index (χ2v) is 10.1. The number of aryl methyl sites for hydroxylation is 2. The highest BCUT2D eigenvalue weighted by atomic mass is 16.6. The standard InChI is InChI=1S/C24H39N3O6/c1-15-9-10-17(16(2)13-15)19(20(30)26-23(3,4)5)27(11-12-28)21(31)18(14-29)25-22(32)33-24(6,7)8/h9-10,13,18-19,28-29H,11-12,14H2,1-8H3,(H,25,32)(H,26,30). The molecular formula is C24H39N3O6. The number of aliphatic hydroxyl groups is 2. The molecule has 2 unspecified atom stereocenters. The average molecular weight is 466 g/mol. The van der Waals surface area contributed by atoms with Gasteiger partial charge >= 0.3 is 6.09 Å². The minimum Gasteiger partial charge on any atom is -0.444 e. The third-order valence-electron chi connectivity index (χ3n) is 4.57. The summed E-state index contributed by atoms with van der Waals surface area (Å²) < 4.78 is 5.19. The molecule has 0 saturated carbocycles. The van der Waals surface area contributed by atoms with Crippen LogP contribution in [0.25, 0.3) is 0 Å². The number of ether oxygens (including phenoxy) is 1.